The Kier molecular flexibility index (Phi) is 3.62. The van der Waals surface area contributed by atoms with E-state index in [0.717, 1.165) is 11.1 Å². The van der Waals surface area contributed by atoms with Crippen LogP contribution in [-0.4, -0.2) is 29.9 Å². The predicted octanol–water partition coefficient (Wildman–Crippen LogP) is 2.30. The van der Waals surface area contributed by atoms with Crippen LogP contribution in [0.1, 0.15) is 25.0 Å². The van der Waals surface area contributed by atoms with Crippen molar-refractivity contribution in [3.8, 4) is 5.75 Å². The first-order chi connectivity index (χ1) is 8.92. The highest BCUT2D eigenvalue weighted by atomic mass is 16.6. The fourth-order valence-electron chi connectivity index (χ4n) is 1.92. The van der Waals surface area contributed by atoms with Crippen LogP contribution in [0.3, 0.4) is 0 Å². The molecule has 4 heteroatoms. The van der Waals surface area contributed by atoms with E-state index in [0.29, 0.717) is 6.42 Å². The fraction of sp³-hybridized carbons (Fsp3) is 0.400. The highest BCUT2D eigenvalue weighted by molar-refractivity contribution is 5.86. The van der Waals surface area contributed by atoms with Gasteiger partial charge in [0.05, 0.1) is 18.8 Å². The largest absolute Gasteiger partial charge is 0.508 e. The lowest BCUT2D eigenvalue weighted by Crippen LogP contribution is -2.06. The van der Waals surface area contributed by atoms with Gasteiger partial charge in [0, 0.05) is 12.5 Å². The Bertz CT molecular complexity index is 517. The molecule has 0 bridgehead atoms. The standard InChI is InChI=1S/C15H18O4/c1-15(2)13(19-15)9-11-8-10(4-6-12(11)16)5-7-14(17)18-3/h4-8,13,16H,9H2,1-3H3. The Morgan fingerprint density at radius 2 is 2.21 bits per heavy atom. The topological polar surface area (TPSA) is 59.1 Å². The molecule has 102 valence electrons. The van der Waals surface area contributed by atoms with E-state index in [-0.39, 0.29) is 17.5 Å². The van der Waals surface area contributed by atoms with E-state index in [2.05, 4.69) is 4.74 Å². The summed E-state index contributed by atoms with van der Waals surface area (Å²) in [5, 5.41) is 9.83. The van der Waals surface area contributed by atoms with Crippen LogP contribution in [0.25, 0.3) is 6.08 Å². The molecular formula is C15H18O4. The highest BCUT2D eigenvalue weighted by Gasteiger charge is 2.47. The smallest absolute Gasteiger partial charge is 0.330 e. The lowest BCUT2D eigenvalue weighted by molar-refractivity contribution is -0.134. The van der Waals surface area contributed by atoms with E-state index in [1.54, 1.807) is 18.2 Å². The minimum atomic E-state index is -0.402. The SMILES string of the molecule is COC(=O)C=Cc1ccc(O)c(CC2OC2(C)C)c1. The van der Waals surface area contributed by atoms with Gasteiger partial charge in [0.2, 0.25) is 0 Å². The third-order valence-electron chi connectivity index (χ3n) is 3.29. The van der Waals surface area contributed by atoms with E-state index in [1.807, 2.05) is 19.9 Å². The predicted molar refractivity (Wildman–Crippen MR) is 71.8 cm³/mol. The molecule has 0 spiro atoms. The third kappa shape index (κ3) is 3.35. The molecule has 0 amide bonds. The van der Waals surface area contributed by atoms with Crippen LogP contribution in [0.5, 0.6) is 5.75 Å². The number of esters is 1. The number of methoxy groups -OCH3 is 1. The zero-order valence-corrected chi connectivity index (χ0v) is 11.3. The summed E-state index contributed by atoms with van der Waals surface area (Å²) in [7, 11) is 1.33. The Balaban J connectivity index is 2.11. The van der Waals surface area contributed by atoms with E-state index in [9.17, 15) is 9.90 Å². The van der Waals surface area contributed by atoms with Crippen molar-refractivity contribution in [1.82, 2.24) is 0 Å². The highest BCUT2D eigenvalue weighted by Crippen LogP contribution is 2.39. The lowest BCUT2D eigenvalue weighted by Gasteiger charge is -2.05. The van der Waals surface area contributed by atoms with Crippen LogP contribution in [0.15, 0.2) is 24.3 Å². The van der Waals surface area contributed by atoms with Gasteiger partial charge in [-0.15, -0.1) is 0 Å². The van der Waals surface area contributed by atoms with Crippen LogP contribution >= 0.6 is 0 Å². The zero-order valence-electron chi connectivity index (χ0n) is 11.3. The zero-order chi connectivity index (χ0) is 14.0. The van der Waals surface area contributed by atoms with Gasteiger partial charge in [-0.2, -0.15) is 0 Å². The number of phenols is 1. The molecule has 1 fully saturated rings. The van der Waals surface area contributed by atoms with Gasteiger partial charge in [0.25, 0.3) is 0 Å². The number of benzene rings is 1. The first kappa shape index (κ1) is 13.6. The number of aromatic hydroxyl groups is 1. The fourth-order valence-corrected chi connectivity index (χ4v) is 1.92. The lowest BCUT2D eigenvalue weighted by atomic mass is 10.00. The van der Waals surface area contributed by atoms with Crippen molar-refractivity contribution in [2.24, 2.45) is 0 Å². The number of phenolic OH excluding ortho intramolecular Hbond substituents is 1. The van der Waals surface area contributed by atoms with Gasteiger partial charge in [-0.25, -0.2) is 4.79 Å². The Morgan fingerprint density at radius 1 is 1.53 bits per heavy atom. The van der Waals surface area contributed by atoms with Gasteiger partial charge in [0.15, 0.2) is 0 Å². The first-order valence-corrected chi connectivity index (χ1v) is 6.18. The van der Waals surface area contributed by atoms with Crippen LogP contribution in [0.2, 0.25) is 0 Å². The number of ether oxygens (including phenoxy) is 2. The van der Waals surface area contributed by atoms with Crippen molar-refractivity contribution in [3.05, 3.63) is 35.4 Å². The molecule has 2 rings (SSSR count). The number of epoxide rings is 1. The third-order valence-corrected chi connectivity index (χ3v) is 3.29. The molecule has 1 unspecified atom stereocenters. The van der Waals surface area contributed by atoms with Crippen molar-refractivity contribution in [2.45, 2.75) is 32.0 Å². The number of rotatable bonds is 4. The number of carbonyl (C=O) groups excluding carboxylic acids is 1. The molecule has 1 aromatic carbocycles. The summed E-state index contributed by atoms with van der Waals surface area (Å²) in [6, 6.07) is 5.23. The van der Waals surface area contributed by atoms with Gasteiger partial charge in [-0.3, -0.25) is 0 Å². The van der Waals surface area contributed by atoms with Crippen molar-refractivity contribution in [2.75, 3.05) is 7.11 Å². The summed E-state index contributed by atoms with van der Waals surface area (Å²) in [6.45, 7) is 4.05. The molecule has 1 heterocycles. The summed E-state index contributed by atoms with van der Waals surface area (Å²) in [5.41, 5.74) is 1.56. The molecule has 0 aromatic heterocycles. The van der Waals surface area contributed by atoms with Crippen LogP contribution in [0.4, 0.5) is 0 Å². The Morgan fingerprint density at radius 3 is 2.79 bits per heavy atom. The monoisotopic (exact) mass is 262 g/mol. The summed E-state index contributed by atoms with van der Waals surface area (Å²) in [6.07, 6.45) is 3.82. The maximum absolute atomic E-state index is 11.0. The second-order valence-electron chi connectivity index (χ2n) is 5.16. The molecule has 4 nitrogen and oxygen atoms in total. The summed E-state index contributed by atoms with van der Waals surface area (Å²) in [5.74, 6) is -0.150. The van der Waals surface area contributed by atoms with E-state index in [4.69, 9.17) is 4.74 Å². The van der Waals surface area contributed by atoms with E-state index >= 15 is 0 Å². The molecule has 0 aliphatic carbocycles. The molecule has 1 N–H and O–H groups in total. The summed E-state index contributed by atoms with van der Waals surface area (Å²) < 4.78 is 10.0. The molecule has 1 aliphatic rings. The maximum atomic E-state index is 11.0. The maximum Gasteiger partial charge on any atom is 0.330 e. The number of hydrogen-bond donors (Lipinski definition) is 1. The van der Waals surface area contributed by atoms with Gasteiger partial charge < -0.3 is 14.6 Å². The second kappa shape index (κ2) is 5.05. The van der Waals surface area contributed by atoms with Gasteiger partial charge in [-0.1, -0.05) is 6.07 Å². The average Bonchev–Trinajstić information content (AvgIpc) is 2.97. The minimum absolute atomic E-state index is 0.107. The van der Waals surface area contributed by atoms with Gasteiger partial charge >= 0.3 is 5.97 Å². The summed E-state index contributed by atoms with van der Waals surface area (Å²) >= 11 is 0. The van der Waals surface area contributed by atoms with Crippen molar-refractivity contribution in [3.63, 3.8) is 0 Å². The van der Waals surface area contributed by atoms with Gasteiger partial charge in [-0.05, 0) is 43.2 Å². The molecular weight excluding hydrogens is 244 g/mol. The first-order valence-electron chi connectivity index (χ1n) is 6.18. The molecule has 0 radical (unpaired) electrons. The molecule has 19 heavy (non-hydrogen) atoms. The van der Waals surface area contributed by atoms with Crippen molar-refractivity contribution < 1.29 is 19.4 Å². The number of hydrogen-bond acceptors (Lipinski definition) is 4. The van der Waals surface area contributed by atoms with Crippen molar-refractivity contribution >= 4 is 12.0 Å². The molecule has 1 atom stereocenters. The van der Waals surface area contributed by atoms with Crippen LogP contribution in [-0.2, 0) is 20.7 Å². The minimum Gasteiger partial charge on any atom is -0.508 e. The number of carbonyl (C=O) groups is 1. The Labute approximate surface area is 112 Å². The van der Waals surface area contributed by atoms with Crippen LogP contribution in [0, 0.1) is 0 Å². The molecule has 1 aliphatic heterocycles. The van der Waals surface area contributed by atoms with Gasteiger partial charge in [0.1, 0.15) is 5.75 Å². The van der Waals surface area contributed by atoms with E-state index in [1.165, 1.54) is 13.2 Å². The average molecular weight is 262 g/mol. The van der Waals surface area contributed by atoms with Crippen molar-refractivity contribution in [1.29, 1.82) is 0 Å². The molecule has 1 aromatic rings. The summed E-state index contributed by atoms with van der Waals surface area (Å²) in [4.78, 5) is 11.0. The van der Waals surface area contributed by atoms with E-state index < -0.39 is 5.97 Å². The quantitative estimate of drug-likeness (QED) is 0.514. The second-order valence-corrected chi connectivity index (χ2v) is 5.16. The van der Waals surface area contributed by atoms with Crippen LogP contribution < -0.4 is 0 Å². The molecule has 1 saturated heterocycles. The Hall–Kier alpha value is -1.81. The molecule has 0 saturated carbocycles. The normalized spacial score (nSPS) is 20.5.